The minimum absolute atomic E-state index is 0.0200. The Morgan fingerprint density at radius 2 is 1.88 bits per heavy atom. The molecule has 0 spiro atoms. The number of amides is 1. The molecule has 10 heteroatoms. The molecule has 0 radical (unpaired) electrons. The molecule has 2 rings (SSSR count). The van der Waals surface area contributed by atoms with E-state index in [4.69, 9.17) is 14.3 Å². The number of rotatable bonds is 8. The first-order chi connectivity index (χ1) is 12.3. The molecule has 0 saturated heterocycles. The van der Waals surface area contributed by atoms with E-state index in [0.717, 1.165) is 6.07 Å². The van der Waals surface area contributed by atoms with Gasteiger partial charge in [0, 0.05) is 6.54 Å². The zero-order valence-electron chi connectivity index (χ0n) is 13.2. The van der Waals surface area contributed by atoms with Crippen LogP contribution in [0.15, 0.2) is 40.8 Å². The molecule has 0 aliphatic heterocycles. The molecule has 0 atom stereocenters. The lowest BCUT2D eigenvalue weighted by Gasteiger charge is -2.11. The van der Waals surface area contributed by atoms with Crippen LogP contribution in [0.4, 0.5) is 13.2 Å². The highest BCUT2D eigenvalue weighted by Gasteiger charge is 2.32. The summed E-state index contributed by atoms with van der Waals surface area (Å²) in [4.78, 5) is 22.2. The number of furan rings is 1. The van der Waals surface area contributed by atoms with Crippen LogP contribution in [0.1, 0.15) is 10.6 Å². The second kappa shape index (κ2) is 8.39. The first kappa shape index (κ1) is 19.3. The summed E-state index contributed by atoms with van der Waals surface area (Å²) in [6.07, 6.45) is -4.86. The summed E-state index contributed by atoms with van der Waals surface area (Å²) in [6, 6.07) is 8.01. The number of hydrogen-bond donors (Lipinski definition) is 2. The lowest BCUT2D eigenvalue weighted by molar-refractivity contribution is -0.274. The van der Waals surface area contributed by atoms with E-state index in [9.17, 15) is 22.8 Å². The molecule has 1 heterocycles. The van der Waals surface area contributed by atoms with E-state index in [-0.39, 0.29) is 30.2 Å². The van der Waals surface area contributed by atoms with Crippen molar-refractivity contribution in [2.24, 2.45) is 0 Å². The summed E-state index contributed by atoms with van der Waals surface area (Å²) in [7, 11) is 0. The maximum atomic E-state index is 12.5. The van der Waals surface area contributed by atoms with Gasteiger partial charge in [-0.05, 0) is 24.3 Å². The normalized spacial score (nSPS) is 11.2. The summed E-state index contributed by atoms with van der Waals surface area (Å²) in [6.45, 7) is -0.472. The van der Waals surface area contributed by atoms with E-state index in [2.05, 4.69) is 10.1 Å². The number of carboxylic acid groups (broad SMARTS) is 1. The third-order valence-corrected chi connectivity index (χ3v) is 2.97. The fourth-order valence-electron chi connectivity index (χ4n) is 1.97. The van der Waals surface area contributed by atoms with Crippen molar-refractivity contribution in [3.63, 3.8) is 0 Å². The highest BCUT2D eigenvalue weighted by Crippen LogP contribution is 2.34. The maximum Gasteiger partial charge on any atom is 0.573 e. The van der Waals surface area contributed by atoms with Gasteiger partial charge in [-0.3, -0.25) is 4.79 Å². The van der Waals surface area contributed by atoms with Gasteiger partial charge in [0.15, 0.2) is 5.76 Å². The standard InChI is InChI=1S/C16H14F3NO6/c17-16(18,19)26-12-4-2-1-3-10(12)11-5-6-13(25-11)15(23)20-7-8-24-9-14(21)22/h1-6H,7-9H2,(H,20,23)(H,21,22). The molecule has 2 N–H and O–H groups in total. The summed E-state index contributed by atoms with van der Waals surface area (Å²) < 4.78 is 51.4. The van der Waals surface area contributed by atoms with Crippen LogP contribution in [0.2, 0.25) is 0 Å². The van der Waals surface area contributed by atoms with Crippen molar-refractivity contribution in [3.8, 4) is 17.1 Å². The Balaban J connectivity index is 2.01. The van der Waals surface area contributed by atoms with Crippen molar-refractivity contribution >= 4 is 11.9 Å². The highest BCUT2D eigenvalue weighted by atomic mass is 19.4. The second-order valence-corrected chi connectivity index (χ2v) is 4.91. The molecular weight excluding hydrogens is 359 g/mol. The zero-order valence-corrected chi connectivity index (χ0v) is 13.2. The number of aliphatic carboxylic acids is 1. The molecule has 26 heavy (non-hydrogen) atoms. The predicted octanol–water partition coefficient (Wildman–Crippen LogP) is 2.68. The Bertz CT molecular complexity index is 771. The number of ether oxygens (including phenoxy) is 2. The predicted molar refractivity (Wildman–Crippen MR) is 81.6 cm³/mol. The lowest BCUT2D eigenvalue weighted by Crippen LogP contribution is -2.27. The summed E-state index contributed by atoms with van der Waals surface area (Å²) in [5.41, 5.74) is 0.0358. The molecule has 7 nitrogen and oxygen atoms in total. The average Bonchev–Trinajstić information content (AvgIpc) is 3.03. The van der Waals surface area contributed by atoms with Crippen molar-refractivity contribution in [1.29, 1.82) is 0 Å². The van der Waals surface area contributed by atoms with E-state index < -0.39 is 30.6 Å². The fourth-order valence-corrected chi connectivity index (χ4v) is 1.97. The van der Waals surface area contributed by atoms with Gasteiger partial charge >= 0.3 is 12.3 Å². The Morgan fingerprint density at radius 1 is 1.15 bits per heavy atom. The molecule has 0 fully saturated rings. The molecule has 140 valence electrons. The first-order valence-electron chi connectivity index (χ1n) is 7.29. The number of carboxylic acids is 1. The van der Waals surface area contributed by atoms with Crippen molar-refractivity contribution in [3.05, 3.63) is 42.2 Å². The van der Waals surface area contributed by atoms with Crippen LogP contribution in [-0.4, -0.2) is 43.1 Å². The number of halogens is 3. The van der Waals surface area contributed by atoms with Gasteiger partial charge < -0.3 is 24.3 Å². The molecule has 0 bridgehead atoms. The van der Waals surface area contributed by atoms with Crippen LogP contribution in [0.3, 0.4) is 0 Å². The minimum Gasteiger partial charge on any atom is -0.480 e. The maximum absolute atomic E-state index is 12.5. The van der Waals surface area contributed by atoms with Crippen molar-refractivity contribution in [2.75, 3.05) is 19.8 Å². The van der Waals surface area contributed by atoms with Gasteiger partial charge in [0.1, 0.15) is 18.1 Å². The zero-order chi connectivity index (χ0) is 19.2. The number of para-hydroxylation sites is 1. The number of carbonyl (C=O) groups is 2. The van der Waals surface area contributed by atoms with Crippen molar-refractivity contribution in [2.45, 2.75) is 6.36 Å². The van der Waals surface area contributed by atoms with Crippen molar-refractivity contribution in [1.82, 2.24) is 5.32 Å². The first-order valence-corrected chi connectivity index (χ1v) is 7.29. The summed E-state index contributed by atoms with van der Waals surface area (Å²) in [5.74, 6) is -2.31. The third kappa shape index (κ3) is 5.81. The molecular formula is C16H14F3NO6. The Kier molecular flexibility index (Phi) is 6.23. The Hall–Kier alpha value is -3.01. The van der Waals surface area contributed by atoms with Gasteiger partial charge in [0.2, 0.25) is 0 Å². The highest BCUT2D eigenvalue weighted by molar-refractivity contribution is 5.92. The van der Waals surface area contributed by atoms with Crippen LogP contribution >= 0.6 is 0 Å². The Labute approximate surface area is 145 Å². The molecule has 0 aliphatic rings. The minimum atomic E-state index is -4.86. The number of nitrogens with one attached hydrogen (secondary N) is 1. The van der Waals surface area contributed by atoms with E-state index in [1.807, 2.05) is 0 Å². The number of carbonyl (C=O) groups excluding carboxylic acids is 1. The van der Waals surface area contributed by atoms with Crippen molar-refractivity contribution < 1.29 is 41.8 Å². The molecule has 0 aliphatic carbocycles. The smallest absolute Gasteiger partial charge is 0.480 e. The molecule has 0 unspecified atom stereocenters. The third-order valence-electron chi connectivity index (χ3n) is 2.97. The fraction of sp³-hybridized carbons (Fsp3) is 0.250. The largest absolute Gasteiger partial charge is 0.573 e. The quantitative estimate of drug-likeness (QED) is 0.691. The topological polar surface area (TPSA) is 98.0 Å². The molecule has 1 aromatic carbocycles. The summed E-state index contributed by atoms with van der Waals surface area (Å²) >= 11 is 0. The van der Waals surface area contributed by atoms with Crippen LogP contribution < -0.4 is 10.1 Å². The van der Waals surface area contributed by atoms with Gasteiger partial charge in [-0.2, -0.15) is 0 Å². The lowest BCUT2D eigenvalue weighted by atomic mass is 10.1. The van der Waals surface area contributed by atoms with Gasteiger partial charge in [-0.1, -0.05) is 12.1 Å². The number of hydrogen-bond acceptors (Lipinski definition) is 5. The van der Waals surface area contributed by atoms with Gasteiger partial charge in [0.05, 0.1) is 12.2 Å². The van der Waals surface area contributed by atoms with Crippen LogP contribution in [0, 0.1) is 0 Å². The second-order valence-electron chi connectivity index (χ2n) is 4.91. The summed E-state index contributed by atoms with van der Waals surface area (Å²) in [5, 5.41) is 10.8. The SMILES string of the molecule is O=C(O)COCCNC(=O)c1ccc(-c2ccccc2OC(F)(F)F)o1. The number of benzene rings is 1. The van der Waals surface area contributed by atoms with Gasteiger partial charge in [-0.25, -0.2) is 4.79 Å². The van der Waals surface area contributed by atoms with Crippen LogP contribution in [0.5, 0.6) is 5.75 Å². The van der Waals surface area contributed by atoms with Crippen LogP contribution in [0.25, 0.3) is 11.3 Å². The van der Waals surface area contributed by atoms with Gasteiger partial charge in [0.25, 0.3) is 5.91 Å². The van der Waals surface area contributed by atoms with E-state index >= 15 is 0 Å². The number of alkyl halides is 3. The van der Waals surface area contributed by atoms with E-state index in [1.54, 1.807) is 0 Å². The van der Waals surface area contributed by atoms with E-state index in [1.165, 1.54) is 30.3 Å². The molecule has 0 saturated carbocycles. The molecule has 1 aromatic heterocycles. The molecule has 1 amide bonds. The Morgan fingerprint density at radius 3 is 2.58 bits per heavy atom. The van der Waals surface area contributed by atoms with E-state index in [0.29, 0.717) is 0 Å². The van der Waals surface area contributed by atoms with Crippen LogP contribution in [-0.2, 0) is 9.53 Å². The van der Waals surface area contributed by atoms with Gasteiger partial charge in [-0.15, -0.1) is 13.2 Å². The average molecular weight is 373 g/mol. The molecule has 2 aromatic rings. The monoisotopic (exact) mass is 373 g/mol.